The molecule has 1 fully saturated rings. The third-order valence-corrected chi connectivity index (χ3v) is 4.19. The van der Waals surface area contributed by atoms with Crippen molar-refractivity contribution in [3.63, 3.8) is 0 Å². The van der Waals surface area contributed by atoms with Gasteiger partial charge in [0.05, 0.1) is 13.2 Å². The maximum absolute atomic E-state index is 12.9. The van der Waals surface area contributed by atoms with Crippen LogP contribution in [0.5, 0.6) is 11.5 Å². The zero-order valence-electron chi connectivity index (χ0n) is 13.7. The zero-order valence-corrected chi connectivity index (χ0v) is 13.7. The van der Waals surface area contributed by atoms with E-state index in [4.69, 9.17) is 9.47 Å². The van der Waals surface area contributed by atoms with Crippen LogP contribution in [0, 0.1) is 5.82 Å². The molecule has 4 nitrogen and oxygen atoms in total. The first-order valence-corrected chi connectivity index (χ1v) is 8.08. The monoisotopic (exact) mass is 331 g/mol. The fraction of sp³-hybridized carbons (Fsp3) is 0.368. The lowest BCUT2D eigenvalue weighted by molar-refractivity contribution is 0.174. The summed E-state index contributed by atoms with van der Waals surface area (Å²) in [5.41, 5.74) is 2.02. The molecule has 2 aromatic carbocycles. The normalized spacial score (nSPS) is 17.9. The van der Waals surface area contributed by atoms with E-state index in [1.165, 1.54) is 12.1 Å². The molecule has 5 heteroatoms. The summed E-state index contributed by atoms with van der Waals surface area (Å²) >= 11 is 0. The number of aliphatic hydroxyl groups is 1. The molecule has 1 saturated heterocycles. The molecule has 24 heavy (non-hydrogen) atoms. The lowest BCUT2D eigenvalue weighted by atomic mass is 10.2. The lowest BCUT2D eigenvalue weighted by Gasteiger charge is -2.17. The molecule has 2 aromatic rings. The van der Waals surface area contributed by atoms with Gasteiger partial charge in [0.15, 0.2) is 11.5 Å². The van der Waals surface area contributed by atoms with Crippen LogP contribution >= 0.6 is 0 Å². The van der Waals surface area contributed by atoms with Gasteiger partial charge < -0.3 is 14.6 Å². The summed E-state index contributed by atoms with van der Waals surface area (Å²) < 4.78 is 24.1. The minimum absolute atomic E-state index is 0.217. The van der Waals surface area contributed by atoms with Gasteiger partial charge in [-0.3, -0.25) is 4.90 Å². The molecule has 1 heterocycles. The van der Waals surface area contributed by atoms with Crippen LogP contribution in [0.2, 0.25) is 0 Å². The van der Waals surface area contributed by atoms with Gasteiger partial charge in [-0.25, -0.2) is 4.39 Å². The van der Waals surface area contributed by atoms with Gasteiger partial charge in [0, 0.05) is 19.6 Å². The Morgan fingerprint density at radius 2 is 1.88 bits per heavy atom. The summed E-state index contributed by atoms with van der Waals surface area (Å²) in [4.78, 5) is 2.22. The van der Waals surface area contributed by atoms with Crippen LogP contribution < -0.4 is 9.47 Å². The summed E-state index contributed by atoms with van der Waals surface area (Å²) in [7, 11) is 1.61. The van der Waals surface area contributed by atoms with Crippen LogP contribution in [0.3, 0.4) is 0 Å². The lowest BCUT2D eigenvalue weighted by Crippen LogP contribution is -2.21. The molecule has 0 saturated carbocycles. The highest BCUT2D eigenvalue weighted by Gasteiger charge is 2.20. The maximum Gasteiger partial charge on any atom is 0.161 e. The average Bonchev–Trinajstić information content (AvgIpc) is 3.00. The number of hydrogen-bond acceptors (Lipinski definition) is 4. The van der Waals surface area contributed by atoms with Crippen LogP contribution in [-0.4, -0.2) is 36.3 Å². The minimum Gasteiger partial charge on any atom is -0.493 e. The van der Waals surface area contributed by atoms with E-state index in [-0.39, 0.29) is 11.9 Å². The van der Waals surface area contributed by atoms with Crippen molar-refractivity contribution in [2.45, 2.75) is 25.7 Å². The number of rotatable bonds is 6. The molecule has 0 unspecified atom stereocenters. The predicted octanol–water partition coefficient (Wildman–Crippen LogP) is 2.98. The van der Waals surface area contributed by atoms with Gasteiger partial charge in [0.25, 0.3) is 0 Å². The number of benzene rings is 2. The van der Waals surface area contributed by atoms with E-state index in [9.17, 15) is 9.50 Å². The Balaban J connectivity index is 1.64. The van der Waals surface area contributed by atoms with E-state index in [1.54, 1.807) is 19.2 Å². The van der Waals surface area contributed by atoms with Crippen molar-refractivity contribution in [2.75, 3.05) is 20.2 Å². The van der Waals surface area contributed by atoms with E-state index < -0.39 is 0 Å². The molecule has 3 rings (SSSR count). The second-order valence-electron chi connectivity index (χ2n) is 6.08. The Bertz CT molecular complexity index is 675. The molecule has 0 spiro atoms. The molecule has 1 atom stereocenters. The first-order valence-electron chi connectivity index (χ1n) is 8.08. The van der Waals surface area contributed by atoms with E-state index in [0.29, 0.717) is 24.7 Å². The summed E-state index contributed by atoms with van der Waals surface area (Å²) in [6.45, 7) is 2.76. The van der Waals surface area contributed by atoms with Crippen LogP contribution in [0.25, 0.3) is 0 Å². The number of hydrogen-bond donors (Lipinski definition) is 1. The van der Waals surface area contributed by atoms with Gasteiger partial charge in [-0.15, -0.1) is 0 Å². The summed E-state index contributed by atoms with van der Waals surface area (Å²) in [5.74, 6) is 1.08. The second-order valence-corrected chi connectivity index (χ2v) is 6.08. The zero-order chi connectivity index (χ0) is 16.9. The van der Waals surface area contributed by atoms with Crippen molar-refractivity contribution >= 4 is 0 Å². The van der Waals surface area contributed by atoms with Gasteiger partial charge in [0.2, 0.25) is 0 Å². The van der Waals surface area contributed by atoms with Crippen molar-refractivity contribution in [1.82, 2.24) is 4.90 Å². The van der Waals surface area contributed by atoms with Crippen LogP contribution in [0.4, 0.5) is 4.39 Å². The number of methoxy groups -OCH3 is 1. The molecule has 0 aromatic heterocycles. The minimum atomic E-state index is -0.257. The third-order valence-electron chi connectivity index (χ3n) is 4.19. The fourth-order valence-corrected chi connectivity index (χ4v) is 2.89. The summed E-state index contributed by atoms with van der Waals surface area (Å²) in [6, 6.07) is 12.1. The van der Waals surface area contributed by atoms with Crippen LogP contribution in [0.15, 0.2) is 42.5 Å². The van der Waals surface area contributed by atoms with E-state index in [2.05, 4.69) is 4.90 Å². The number of β-amino-alcohol motifs (C(OH)–C–C–N with tert-alkyl or cyclic N) is 1. The smallest absolute Gasteiger partial charge is 0.161 e. The SMILES string of the molecule is COc1cc(CN2CC[C@@H](O)C2)ccc1OCc1ccc(F)cc1. The molecule has 1 aliphatic rings. The standard InChI is InChI=1S/C19H22FNO3/c1-23-19-10-15(11-21-9-8-17(22)12-21)4-7-18(19)24-13-14-2-5-16(20)6-3-14/h2-7,10,17,22H,8-9,11-13H2,1H3/t17-/m1/s1. The summed E-state index contributed by atoms with van der Waals surface area (Å²) in [5, 5.41) is 9.61. The number of aliphatic hydroxyl groups excluding tert-OH is 1. The van der Waals surface area contributed by atoms with Gasteiger partial charge >= 0.3 is 0 Å². The highest BCUT2D eigenvalue weighted by atomic mass is 19.1. The van der Waals surface area contributed by atoms with Crippen molar-refractivity contribution in [1.29, 1.82) is 0 Å². The fourth-order valence-electron chi connectivity index (χ4n) is 2.89. The number of likely N-dealkylation sites (tertiary alicyclic amines) is 1. The molecule has 0 radical (unpaired) electrons. The van der Waals surface area contributed by atoms with Crippen molar-refractivity contribution in [2.24, 2.45) is 0 Å². The quantitative estimate of drug-likeness (QED) is 0.884. The van der Waals surface area contributed by atoms with Crippen LogP contribution in [-0.2, 0) is 13.2 Å². The summed E-state index contributed by atoms with van der Waals surface area (Å²) in [6.07, 6.45) is 0.612. The highest BCUT2D eigenvalue weighted by Crippen LogP contribution is 2.29. The first-order chi connectivity index (χ1) is 11.6. The largest absolute Gasteiger partial charge is 0.493 e. The molecule has 0 aliphatic carbocycles. The van der Waals surface area contributed by atoms with Gasteiger partial charge in [-0.2, -0.15) is 0 Å². The van der Waals surface area contributed by atoms with E-state index in [1.807, 2.05) is 18.2 Å². The molecule has 1 N–H and O–H groups in total. The molecule has 1 aliphatic heterocycles. The van der Waals surface area contributed by atoms with Crippen molar-refractivity contribution < 1.29 is 19.0 Å². The Morgan fingerprint density at radius 3 is 2.54 bits per heavy atom. The Morgan fingerprint density at radius 1 is 1.12 bits per heavy atom. The second kappa shape index (κ2) is 7.64. The van der Waals surface area contributed by atoms with Gasteiger partial charge in [-0.1, -0.05) is 18.2 Å². The number of nitrogens with zero attached hydrogens (tertiary/aromatic N) is 1. The maximum atomic E-state index is 12.9. The van der Waals surface area contributed by atoms with Crippen molar-refractivity contribution in [3.8, 4) is 11.5 Å². The van der Waals surface area contributed by atoms with Crippen molar-refractivity contribution in [3.05, 3.63) is 59.4 Å². The molecule has 0 amide bonds. The predicted molar refractivity (Wildman–Crippen MR) is 89.6 cm³/mol. The Kier molecular flexibility index (Phi) is 5.33. The van der Waals surface area contributed by atoms with Crippen LogP contribution in [0.1, 0.15) is 17.5 Å². The van der Waals surface area contributed by atoms with Gasteiger partial charge in [-0.05, 0) is 41.8 Å². The highest BCUT2D eigenvalue weighted by molar-refractivity contribution is 5.43. The topological polar surface area (TPSA) is 41.9 Å². The molecular formula is C19H22FNO3. The Hall–Kier alpha value is -2.11. The molecule has 128 valence electrons. The third kappa shape index (κ3) is 4.24. The van der Waals surface area contributed by atoms with E-state index in [0.717, 1.165) is 30.6 Å². The number of halogens is 1. The molecule has 0 bridgehead atoms. The van der Waals surface area contributed by atoms with Gasteiger partial charge in [0.1, 0.15) is 12.4 Å². The van der Waals surface area contributed by atoms with E-state index >= 15 is 0 Å². The molecular weight excluding hydrogens is 309 g/mol. The first kappa shape index (κ1) is 16.7. The Labute approximate surface area is 141 Å². The average molecular weight is 331 g/mol. The number of ether oxygens (including phenoxy) is 2.